The average molecular weight is 284 g/mol. The van der Waals surface area contributed by atoms with E-state index in [0.29, 0.717) is 0 Å². The van der Waals surface area contributed by atoms with Crippen LogP contribution in [0.1, 0.15) is 71.1 Å². The molecule has 1 aromatic carbocycles. The summed E-state index contributed by atoms with van der Waals surface area (Å²) in [6.07, 6.45) is 14.1. The van der Waals surface area contributed by atoms with E-state index in [9.17, 15) is 0 Å². The SMILES string of the molecule is CCCCCCCCCCCCNc1ccccc1.[Na]. The molecular weight excluding hydrogens is 253 g/mol. The van der Waals surface area contributed by atoms with Gasteiger partial charge in [0.15, 0.2) is 0 Å². The van der Waals surface area contributed by atoms with Crippen LogP contribution in [-0.2, 0) is 0 Å². The van der Waals surface area contributed by atoms with Crippen LogP contribution in [0.15, 0.2) is 30.3 Å². The third-order valence-corrected chi connectivity index (χ3v) is 3.63. The summed E-state index contributed by atoms with van der Waals surface area (Å²) >= 11 is 0. The molecule has 0 aromatic heterocycles. The maximum absolute atomic E-state index is 3.47. The van der Waals surface area contributed by atoms with Crippen molar-refractivity contribution in [3.8, 4) is 0 Å². The predicted octanol–water partition coefficient (Wildman–Crippen LogP) is 5.64. The number of nitrogens with one attached hydrogen (secondary N) is 1. The molecule has 0 saturated heterocycles. The van der Waals surface area contributed by atoms with Gasteiger partial charge >= 0.3 is 0 Å². The van der Waals surface area contributed by atoms with Gasteiger partial charge in [0.05, 0.1) is 0 Å². The predicted molar refractivity (Wildman–Crippen MR) is 92.5 cm³/mol. The van der Waals surface area contributed by atoms with Crippen LogP contribution in [0.4, 0.5) is 5.69 Å². The molecule has 0 saturated carbocycles. The van der Waals surface area contributed by atoms with Gasteiger partial charge in [0.2, 0.25) is 0 Å². The van der Waals surface area contributed by atoms with Crippen molar-refractivity contribution in [1.29, 1.82) is 0 Å². The fraction of sp³-hybridized carbons (Fsp3) is 0.667. The molecular formula is C18H31NNa. The van der Waals surface area contributed by atoms with Crippen LogP contribution in [0.3, 0.4) is 0 Å². The van der Waals surface area contributed by atoms with E-state index in [-0.39, 0.29) is 29.6 Å². The average Bonchev–Trinajstić information content (AvgIpc) is 2.46. The van der Waals surface area contributed by atoms with Crippen LogP contribution in [0, 0.1) is 0 Å². The van der Waals surface area contributed by atoms with Gasteiger partial charge in [-0.1, -0.05) is 82.9 Å². The number of rotatable bonds is 12. The minimum Gasteiger partial charge on any atom is -0.385 e. The van der Waals surface area contributed by atoms with E-state index in [1.165, 1.54) is 69.9 Å². The van der Waals surface area contributed by atoms with Crippen molar-refractivity contribution in [2.45, 2.75) is 71.1 Å². The first-order valence-electron chi connectivity index (χ1n) is 8.22. The molecule has 0 fully saturated rings. The molecule has 0 bridgehead atoms. The van der Waals surface area contributed by atoms with E-state index in [1.807, 2.05) is 0 Å². The Labute approximate surface area is 148 Å². The van der Waals surface area contributed by atoms with Gasteiger partial charge in [0.1, 0.15) is 0 Å². The topological polar surface area (TPSA) is 12.0 Å². The van der Waals surface area contributed by atoms with Gasteiger partial charge < -0.3 is 5.32 Å². The summed E-state index contributed by atoms with van der Waals surface area (Å²) in [7, 11) is 0. The maximum Gasteiger partial charge on any atom is 0.0340 e. The standard InChI is InChI=1S/C18H31N.Na/c1-2-3-4-5-6-7-8-9-10-14-17-19-18-15-12-11-13-16-18;/h11-13,15-16,19H,2-10,14,17H2,1H3;. The molecule has 20 heavy (non-hydrogen) atoms. The molecule has 1 nitrogen and oxygen atoms in total. The van der Waals surface area contributed by atoms with E-state index in [4.69, 9.17) is 0 Å². The molecule has 1 radical (unpaired) electrons. The second-order valence-electron chi connectivity index (χ2n) is 5.47. The summed E-state index contributed by atoms with van der Waals surface area (Å²) in [5.41, 5.74) is 1.25. The van der Waals surface area contributed by atoms with Crippen molar-refractivity contribution in [3.63, 3.8) is 0 Å². The summed E-state index contributed by atoms with van der Waals surface area (Å²) in [5.74, 6) is 0. The summed E-state index contributed by atoms with van der Waals surface area (Å²) < 4.78 is 0. The number of anilines is 1. The third kappa shape index (κ3) is 11.8. The van der Waals surface area contributed by atoms with Gasteiger partial charge in [0.25, 0.3) is 0 Å². The van der Waals surface area contributed by atoms with Crippen molar-refractivity contribution >= 4 is 35.2 Å². The molecule has 0 aliphatic rings. The van der Waals surface area contributed by atoms with Crippen molar-refractivity contribution in [3.05, 3.63) is 30.3 Å². The molecule has 1 N–H and O–H groups in total. The summed E-state index contributed by atoms with van der Waals surface area (Å²) in [6.45, 7) is 3.39. The number of unbranched alkanes of at least 4 members (excludes halogenated alkanes) is 9. The molecule has 2 heteroatoms. The van der Waals surface area contributed by atoms with E-state index < -0.39 is 0 Å². The monoisotopic (exact) mass is 284 g/mol. The second-order valence-corrected chi connectivity index (χ2v) is 5.47. The van der Waals surface area contributed by atoms with E-state index in [1.54, 1.807) is 0 Å². The summed E-state index contributed by atoms with van der Waals surface area (Å²) in [6, 6.07) is 10.5. The first kappa shape index (κ1) is 20.0. The first-order chi connectivity index (χ1) is 9.43. The van der Waals surface area contributed by atoms with E-state index in [2.05, 4.69) is 42.6 Å². The second kappa shape index (κ2) is 15.4. The number of hydrogen-bond acceptors (Lipinski definition) is 1. The van der Waals surface area contributed by atoms with Gasteiger partial charge in [-0.3, -0.25) is 0 Å². The Balaban J connectivity index is 0.00000361. The molecule has 109 valence electrons. The number of para-hydroxylation sites is 1. The largest absolute Gasteiger partial charge is 0.385 e. The van der Waals surface area contributed by atoms with Gasteiger partial charge in [0, 0.05) is 41.8 Å². The fourth-order valence-corrected chi connectivity index (χ4v) is 2.40. The maximum atomic E-state index is 3.47. The Morgan fingerprint density at radius 2 is 1.20 bits per heavy atom. The van der Waals surface area contributed by atoms with Gasteiger partial charge in [-0.2, -0.15) is 0 Å². The Morgan fingerprint density at radius 1 is 0.700 bits per heavy atom. The van der Waals surface area contributed by atoms with Gasteiger partial charge in [-0.25, -0.2) is 0 Å². The van der Waals surface area contributed by atoms with Crippen molar-refractivity contribution in [2.24, 2.45) is 0 Å². The van der Waals surface area contributed by atoms with Crippen LogP contribution in [0.2, 0.25) is 0 Å². The molecule has 0 atom stereocenters. The smallest absolute Gasteiger partial charge is 0.0340 e. The van der Waals surface area contributed by atoms with Crippen LogP contribution in [-0.4, -0.2) is 36.1 Å². The number of hydrogen-bond donors (Lipinski definition) is 1. The normalized spacial score (nSPS) is 10.1. The fourth-order valence-electron chi connectivity index (χ4n) is 2.40. The van der Waals surface area contributed by atoms with Crippen LogP contribution in [0.25, 0.3) is 0 Å². The van der Waals surface area contributed by atoms with Gasteiger partial charge in [-0.15, -0.1) is 0 Å². The Morgan fingerprint density at radius 3 is 1.75 bits per heavy atom. The first-order valence-corrected chi connectivity index (χ1v) is 8.22. The van der Waals surface area contributed by atoms with Crippen LogP contribution >= 0.6 is 0 Å². The van der Waals surface area contributed by atoms with Crippen molar-refractivity contribution in [1.82, 2.24) is 0 Å². The zero-order chi connectivity index (χ0) is 13.6. The molecule has 0 spiro atoms. The van der Waals surface area contributed by atoms with Gasteiger partial charge in [-0.05, 0) is 18.6 Å². The Bertz CT molecular complexity index is 287. The molecule has 0 aliphatic carbocycles. The van der Waals surface area contributed by atoms with E-state index >= 15 is 0 Å². The molecule has 0 aliphatic heterocycles. The minimum atomic E-state index is 0. The zero-order valence-electron chi connectivity index (χ0n) is 13.7. The third-order valence-electron chi connectivity index (χ3n) is 3.63. The Hall–Kier alpha value is 0.0200. The van der Waals surface area contributed by atoms with Crippen molar-refractivity contribution < 1.29 is 0 Å². The van der Waals surface area contributed by atoms with Crippen LogP contribution in [0.5, 0.6) is 0 Å². The molecule has 1 aromatic rings. The quantitative estimate of drug-likeness (QED) is 0.387. The van der Waals surface area contributed by atoms with Crippen molar-refractivity contribution in [2.75, 3.05) is 11.9 Å². The molecule has 0 amide bonds. The van der Waals surface area contributed by atoms with Crippen LogP contribution < -0.4 is 5.32 Å². The molecule has 0 unspecified atom stereocenters. The zero-order valence-corrected chi connectivity index (χ0v) is 15.7. The van der Waals surface area contributed by atoms with E-state index in [0.717, 1.165) is 6.54 Å². The molecule has 1 rings (SSSR count). The summed E-state index contributed by atoms with van der Waals surface area (Å²) in [5, 5.41) is 3.47. The Kier molecular flexibility index (Phi) is 15.4. The molecule has 0 heterocycles. The summed E-state index contributed by atoms with van der Waals surface area (Å²) in [4.78, 5) is 0. The number of benzene rings is 1. The minimum absolute atomic E-state index is 0.